The summed E-state index contributed by atoms with van der Waals surface area (Å²) in [6, 6.07) is 7.68. The topological polar surface area (TPSA) is 116 Å². The lowest BCUT2D eigenvalue weighted by atomic mass is 9.92. The number of aliphatic carboxylic acids is 1. The van der Waals surface area contributed by atoms with Crippen molar-refractivity contribution in [2.24, 2.45) is 11.8 Å². The van der Waals surface area contributed by atoms with E-state index in [-0.39, 0.29) is 5.75 Å². The fraction of sp³-hybridized carbons (Fsp3) is 0.478. The van der Waals surface area contributed by atoms with Gasteiger partial charge in [0.1, 0.15) is 5.75 Å². The van der Waals surface area contributed by atoms with Crippen molar-refractivity contribution in [1.82, 2.24) is 0 Å². The number of hydrogen-bond acceptors (Lipinski definition) is 6. The van der Waals surface area contributed by atoms with Crippen LogP contribution < -0.4 is 4.74 Å². The number of ether oxygens (including phenoxy) is 2. The summed E-state index contributed by atoms with van der Waals surface area (Å²) in [5.74, 6) is -8.53. The highest BCUT2D eigenvalue weighted by atomic mass is 16.8. The number of rotatable bonds is 10. The zero-order valence-electron chi connectivity index (χ0n) is 17.3. The molecule has 1 fully saturated rings. The van der Waals surface area contributed by atoms with E-state index in [1.165, 1.54) is 18.2 Å². The van der Waals surface area contributed by atoms with Crippen LogP contribution in [0.25, 0.3) is 0 Å². The van der Waals surface area contributed by atoms with Gasteiger partial charge >= 0.3 is 17.5 Å². The summed E-state index contributed by atoms with van der Waals surface area (Å²) in [4.78, 5) is 11.9. The largest absolute Gasteiger partial charge is 0.500 e. The Hall–Kier alpha value is -2.57. The van der Waals surface area contributed by atoms with Crippen LogP contribution in [0.4, 0.5) is 0 Å². The number of hydrogen-bond donors (Lipinski definition) is 4. The summed E-state index contributed by atoms with van der Waals surface area (Å²) < 4.78 is 10.1. The van der Waals surface area contributed by atoms with E-state index in [1.54, 1.807) is 18.2 Å². The minimum atomic E-state index is -3.39. The third kappa shape index (κ3) is 5.12. The molecule has 1 saturated carbocycles. The molecule has 0 amide bonds. The molecule has 0 aliphatic heterocycles. The highest BCUT2D eigenvalue weighted by molar-refractivity contribution is 5.78. The summed E-state index contributed by atoms with van der Waals surface area (Å²) in [6.07, 6.45) is 10.6. The number of carboxylic acid groups (broad SMARTS) is 1. The second-order valence-corrected chi connectivity index (χ2v) is 7.34. The predicted octanol–water partition coefficient (Wildman–Crippen LogP) is 3.54. The molecule has 30 heavy (non-hydrogen) atoms. The third-order valence-electron chi connectivity index (χ3n) is 5.36. The Morgan fingerprint density at radius 3 is 2.53 bits per heavy atom. The number of para-hydroxylation sites is 1. The second kappa shape index (κ2) is 10.5. The first-order chi connectivity index (χ1) is 14.3. The zero-order valence-corrected chi connectivity index (χ0v) is 17.3. The van der Waals surface area contributed by atoms with Crippen LogP contribution in [0.3, 0.4) is 0 Å². The smallest absolute Gasteiger partial charge is 0.384 e. The minimum Gasteiger partial charge on any atom is -0.500 e. The van der Waals surface area contributed by atoms with Gasteiger partial charge in [0.15, 0.2) is 0 Å². The molecule has 1 unspecified atom stereocenters. The Morgan fingerprint density at radius 1 is 1.23 bits per heavy atom. The predicted molar refractivity (Wildman–Crippen MR) is 111 cm³/mol. The molecule has 0 radical (unpaired) electrons. The average Bonchev–Trinajstić information content (AvgIpc) is 3.17. The van der Waals surface area contributed by atoms with Gasteiger partial charge in [-0.2, -0.15) is 0 Å². The van der Waals surface area contributed by atoms with Crippen LogP contribution in [-0.2, 0) is 9.53 Å². The second-order valence-electron chi connectivity index (χ2n) is 7.34. The fourth-order valence-electron chi connectivity index (χ4n) is 3.68. The maximum absolute atomic E-state index is 11.9. The maximum Gasteiger partial charge on any atom is 0.384 e. The van der Waals surface area contributed by atoms with Crippen molar-refractivity contribution in [3.8, 4) is 5.75 Å². The minimum absolute atomic E-state index is 0.0162. The average molecular weight is 418 g/mol. The van der Waals surface area contributed by atoms with E-state index in [4.69, 9.17) is 9.47 Å². The van der Waals surface area contributed by atoms with Gasteiger partial charge in [0.2, 0.25) is 5.76 Å². The van der Waals surface area contributed by atoms with Gasteiger partial charge in [0.05, 0.1) is 0 Å². The fourth-order valence-corrected chi connectivity index (χ4v) is 3.68. The van der Waals surface area contributed by atoms with Gasteiger partial charge in [0, 0.05) is 7.11 Å². The third-order valence-corrected chi connectivity index (χ3v) is 5.36. The molecule has 0 heterocycles. The number of benzene rings is 1. The van der Waals surface area contributed by atoms with Crippen molar-refractivity contribution in [2.45, 2.75) is 50.6 Å². The van der Waals surface area contributed by atoms with Crippen molar-refractivity contribution in [2.75, 3.05) is 7.11 Å². The number of methoxy groups -OCH3 is 1. The Balaban J connectivity index is 2.27. The normalized spacial score (nSPS) is 21.1. The van der Waals surface area contributed by atoms with Crippen LogP contribution >= 0.6 is 0 Å². The molecule has 1 aromatic carbocycles. The number of aliphatic hydroxyl groups is 3. The molecule has 7 nitrogen and oxygen atoms in total. The summed E-state index contributed by atoms with van der Waals surface area (Å²) in [5, 5.41) is 41.0. The molecule has 0 saturated heterocycles. The van der Waals surface area contributed by atoms with Crippen molar-refractivity contribution in [3.05, 3.63) is 60.1 Å². The molecule has 0 bridgehead atoms. The first-order valence-electron chi connectivity index (χ1n) is 10.1. The zero-order chi connectivity index (χ0) is 22.2. The molecular formula is C23H30O7. The van der Waals surface area contributed by atoms with Crippen molar-refractivity contribution >= 4 is 5.97 Å². The number of allylic oxidation sites excluding steroid dienone is 2. The summed E-state index contributed by atoms with van der Waals surface area (Å²) >= 11 is 0. The Morgan fingerprint density at radius 2 is 1.93 bits per heavy atom. The molecule has 3 atom stereocenters. The summed E-state index contributed by atoms with van der Waals surface area (Å²) in [6.45, 7) is 2.07. The first kappa shape index (κ1) is 23.7. The van der Waals surface area contributed by atoms with E-state index < -0.39 is 23.3 Å². The number of carbonyl (C=O) groups is 1. The van der Waals surface area contributed by atoms with Crippen LogP contribution in [0.1, 0.15) is 39.0 Å². The van der Waals surface area contributed by atoms with E-state index in [0.717, 1.165) is 32.8 Å². The highest BCUT2D eigenvalue weighted by Crippen LogP contribution is 2.36. The summed E-state index contributed by atoms with van der Waals surface area (Å²) in [7, 11) is 0.943. The summed E-state index contributed by atoms with van der Waals surface area (Å²) in [5.41, 5.74) is 2.41. The van der Waals surface area contributed by atoms with Crippen molar-refractivity contribution < 1.29 is 34.7 Å². The number of aliphatic hydroxyl groups excluding tert-OH is 1. The molecule has 164 valence electrons. The van der Waals surface area contributed by atoms with Crippen LogP contribution in [0.15, 0.2) is 60.1 Å². The lowest BCUT2D eigenvalue weighted by Crippen LogP contribution is -2.65. The van der Waals surface area contributed by atoms with E-state index in [2.05, 4.69) is 24.8 Å². The Bertz CT molecular complexity index is 793. The van der Waals surface area contributed by atoms with E-state index >= 15 is 0 Å². The van der Waals surface area contributed by atoms with Gasteiger partial charge in [-0.25, -0.2) is 4.79 Å². The lowest BCUT2D eigenvalue weighted by Gasteiger charge is -2.37. The molecule has 1 aliphatic carbocycles. The molecule has 7 heteroatoms. The van der Waals surface area contributed by atoms with Crippen LogP contribution in [0.5, 0.6) is 5.75 Å². The first-order valence-corrected chi connectivity index (χ1v) is 10.1. The molecular weight excluding hydrogens is 388 g/mol. The number of carboxylic acids is 1. The van der Waals surface area contributed by atoms with Crippen molar-refractivity contribution in [1.29, 1.82) is 0 Å². The van der Waals surface area contributed by atoms with Gasteiger partial charge in [0.25, 0.3) is 0 Å². The van der Waals surface area contributed by atoms with Crippen LogP contribution in [0.2, 0.25) is 0 Å². The standard InChI is InChI=1S/C23H30O7/c1-3-4-10-17-11-8-12-18(17)13-9-16-20(24)22(27,28)23(29-2,21(25)26)30-19-14-6-5-7-15-19/h4-7,9-10,14-15,17-18,24,27-28H,3,8,11-13H2,1-2H3,(H,25,26)/b10-4+/t16?,17-,18+,23?/m0/s1/i24+0,27+0,28+0. The van der Waals surface area contributed by atoms with Gasteiger partial charge in [-0.3, -0.25) is 0 Å². The van der Waals surface area contributed by atoms with Crippen LogP contribution in [0, 0.1) is 11.8 Å². The lowest BCUT2D eigenvalue weighted by molar-refractivity contribution is -0.332. The van der Waals surface area contributed by atoms with Gasteiger partial charge in [-0.1, -0.05) is 49.4 Å². The van der Waals surface area contributed by atoms with Gasteiger partial charge in [-0.05, 0) is 55.7 Å². The highest BCUT2D eigenvalue weighted by Gasteiger charge is 2.63. The van der Waals surface area contributed by atoms with Crippen molar-refractivity contribution in [3.63, 3.8) is 0 Å². The molecule has 0 aromatic heterocycles. The maximum atomic E-state index is 11.9. The van der Waals surface area contributed by atoms with E-state index in [1.807, 2.05) is 0 Å². The quantitative estimate of drug-likeness (QED) is 0.199. The van der Waals surface area contributed by atoms with Gasteiger partial charge < -0.3 is 29.9 Å². The van der Waals surface area contributed by atoms with Crippen LogP contribution in [-0.4, -0.2) is 45.1 Å². The molecule has 0 spiro atoms. The Kier molecular flexibility index (Phi) is 8.26. The monoisotopic (exact) mass is 418 g/mol. The Labute approximate surface area is 176 Å². The van der Waals surface area contributed by atoms with E-state index in [9.17, 15) is 25.2 Å². The molecule has 1 aromatic rings. The molecule has 4 N–H and O–H groups in total. The molecule has 2 rings (SSSR count). The molecule has 1 aliphatic rings. The SMILES string of the molecule is CC/C=C/[C@H]1CCC[C@@H]1CC=C=C([16OH])C([16OH])([16OH])C(OC)(Oc1ccccc1)C(=O)O. The van der Waals surface area contributed by atoms with E-state index in [0.29, 0.717) is 18.3 Å². The van der Waals surface area contributed by atoms with Gasteiger partial charge in [-0.15, -0.1) is 0 Å².